The Morgan fingerprint density at radius 2 is 0.825 bits per heavy atom. The lowest BCUT2D eigenvalue weighted by Crippen LogP contribution is -2.41. The molecule has 0 aliphatic heterocycles. The van der Waals surface area contributed by atoms with Crippen LogP contribution in [0, 0.1) is 0 Å². The van der Waals surface area contributed by atoms with E-state index in [0.717, 1.165) is 0 Å². The smallest absolute Gasteiger partial charge is 0.206 e. The zero-order valence-electron chi connectivity index (χ0n) is 21.5. The van der Waals surface area contributed by atoms with Gasteiger partial charge in [-0.3, -0.25) is 0 Å². The Kier molecular flexibility index (Phi) is 8.38. The summed E-state index contributed by atoms with van der Waals surface area (Å²) in [6.07, 6.45) is 0.285. The molecule has 210 valence electrons. The second-order valence-electron chi connectivity index (χ2n) is 9.09. The molecule has 4 aromatic rings. The average Bonchev–Trinajstić information content (AvgIpc) is 2.96. The summed E-state index contributed by atoms with van der Waals surface area (Å²) in [6.45, 7) is 1.48. The Morgan fingerprint density at radius 1 is 0.550 bits per heavy atom. The molecule has 0 aliphatic rings. The van der Waals surface area contributed by atoms with Gasteiger partial charge in [-0.05, 0) is 103 Å². The number of benzene rings is 4. The Hall–Kier alpha value is -4.06. The van der Waals surface area contributed by atoms with E-state index in [1.165, 1.54) is 97.1 Å². The molecule has 0 atom stereocenters. The third-order valence-corrected chi connectivity index (χ3v) is 9.81. The van der Waals surface area contributed by atoms with Crippen molar-refractivity contribution in [2.24, 2.45) is 0 Å². The van der Waals surface area contributed by atoms with Crippen molar-refractivity contribution in [2.45, 2.75) is 38.5 Å². The van der Waals surface area contributed by atoms with E-state index in [0.29, 0.717) is 11.5 Å². The minimum atomic E-state index is -3.77. The molecular formula is C29H28O9S2. The van der Waals surface area contributed by atoms with Crippen molar-refractivity contribution in [2.75, 3.05) is 13.2 Å². The molecule has 3 N–H and O–H groups in total. The monoisotopic (exact) mass is 584 g/mol. The van der Waals surface area contributed by atoms with Gasteiger partial charge in [0.15, 0.2) is 0 Å². The van der Waals surface area contributed by atoms with Crippen LogP contribution in [-0.2, 0) is 19.7 Å². The quantitative estimate of drug-likeness (QED) is 0.234. The molecule has 0 aromatic heterocycles. The molecule has 0 spiro atoms. The second kappa shape index (κ2) is 11.6. The fourth-order valence-corrected chi connectivity index (χ4v) is 6.16. The van der Waals surface area contributed by atoms with Crippen LogP contribution in [0.2, 0.25) is 0 Å². The highest BCUT2D eigenvalue weighted by atomic mass is 32.2. The Labute approximate surface area is 232 Å². The molecule has 0 aliphatic carbocycles. The first-order valence-corrected chi connectivity index (χ1v) is 15.2. The molecule has 40 heavy (non-hydrogen) atoms. The number of hydrogen-bond acceptors (Lipinski definition) is 9. The van der Waals surface area contributed by atoms with Crippen LogP contribution in [0.5, 0.6) is 23.0 Å². The predicted octanol–water partition coefficient (Wildman–Crippen LogP) is 4.36. The first-order chi connectivity index (χ1) is 18.9. The van der Waals surface area contributed by atoms with Gasteiger partial charge < -0.3 is 24.8 Å². The SMILES string of the molecule is CCC(O)(COc1ccc(S(=O)(=O)c2ccc(O)cc2)cc1)COc1ccc(S(=O)(=O)c2ccc(O)cc2)cc1. The lowest BCUT2D eigenvalue weighted by Gasteiger charge is -2.27. The largest absolute Gasteiger partial charge is 0.508 e. The highest BCUT2D eigenvalue weighted by Crippen LogP contribution is 2.27. The maximum absolute atomic E-state index is 12.8. The zero-order valence-corrected chi connectivity index (χ0v) is 23.1. The van der Waals surface area contributed by atoms with Gasteiger partial charge in [0.25, 0.3) is 0 Å². The molecule has 0 radical (unpaired) electrons. The van der Waals surface area contributed by atoms with E-state index < -0.39 is 25.3 Å². The number of rotatable bonds is 11. The van der Waals surface area contributed by atoms with Crippen molar-refractivity contribution in [1.82, 2.24) is 0 Å². The summed E-state index contributed by atoms with van der Waals surface area (Å²) in [7, 11) is -7.55. The maximum Gasteiger partial charge on any atom is 0.206 e. The molecule has 11 heteroatoms. The topological polar surface area (TPSA) is 147 Å². The van der Waals surface area contributed by atoms with E-state index in [9.17, 15) is 32.2 Å². The van der Waals surface area contributed by atoms with Gasteiger partial charge in [0.2, 0.25) is 19.7 Å². The summed E-state index contributed by atoms with van der Waals surface area (Å²) in [4.78, 5) is 0.191. The van der Waals surface area contributed by atoms with Gasteiger partial charge in [-0.2, -0.15) is 0 Å². The summed E-state index contributed by atoms with van der Waals surface area (Å²) in [5, 5.41) is 29.8. The maximum atomic E-state index is 12.8. The van der Waals surface area contributed by atoms with E-state index in [1.54, 1.807) is 6.92 Å². The van der Waals surface area contributed by atoms with Gasteiger partial charge in [0.05, 0.1) is 19.6 Å². The molecule has 4 rings (SSSR count). The van der Waals surface area contributed by atoms with E-state index in [4.69, 9.17) is 9.47 Å². The number of sulfone groups is 2. The summed E-state index contributed by atoms with van der Waals surface area (Å²) < 4.78 is 62.5. The van der Waals surface area contributed by atoms with Crippen LogP contribution in [0.25, 0.3) is 0 Å². The van der Waals surface area contributed by atoms with Crippen molar-refractivity contribution in [3.63, 3.8) is 0 Å². The number of aromatic hydroxyl groups is 2. The Balaban J connectivity index is 1.36. The third kappa shape index (κ3) is 6.56. The molecule has 0 unspecified atom stereocenters. The Morgan fingerprint density at radius 3 is 1.10 bits per heavy atom. The zero-order chi connectivity index (χ0) is 29.0. The fourth-order valence-electron chi connectivity index (χ4n) is 3.63. The molecule has 4 aromatic carbocycles. The highest BCUT2D eigenvalue weighted by molar-refractivity contribution is 7.91. The van der Waals surface area contributed by atoms with E-state index in [-0.39, 0.29) is 50.7 Å². The number of aliphatic hydroxyl groups is 1. The molecular weight excluding hydrogens is 556 g/mol. The van der Waals surface area contributed by atoms with Gasteiger partial charge in [-0.15, -0.1) is 0 Å². The number of phenols is 2. The predicted molar refractivity (Wildman–Crippen MR) is 146 cm³/mol. The summed E-state index contributed by atoms with van der Waals surface area (Å²) in [5.41, 5.74) is -1.38. The fraction of sp³-hybridized carbons (Fsp3) is 0.172. The van der Waals surface area contributed by atoms with Crippen LogP contribution in [0.15, 0.2) is 117 Å². The second-order valence-corrected chi connectivity index (χ2v) is 13.0. The van der Waals surface area contributed by atoms with Crippen LogP contribution in [-0.4, -0.2) is 51.0 Å². The van der Waals surface area contributed by atoms with E-state index in [1.807, 2.05) is 0 Å². The standard InChI is InChI=1S/C29H28O9S2/c1-2-29(32,19-37-23-7-15-27(16-8-23)39(33,34)25-11-3-21(30)4-12-25)20-38-24-9-17-28(18-10-24)40(35,36)26-13-5-22(31)6-14-26/h3-18,30-32H,2,19-20H2,1H3. The lowest BCUT2D eigenvalue weighted by molar-refractivity contribution is -0.0423. The van der Waals surface area contributed by atoms with E-state index >= 15 is 0 Å². The third-order valence-electron chi connectivity index (χ3n) is 6.24. The van der Waals surface area contributed by atoms with Crippen molar-refractivity contribution >= 4 is 19.7 Å². The van der Waals surface area contributed by atoms with Crippen LogP contribution < -0.4 is 9.47 Å². The van der Waals surface area contributed by atoms with Crippen molar-refractivity contribution in [3.8, 4) is 23.0 Å². The van der Waals surface area contributed by atoms with Crippen LogP contribution >= 0.6 is 0 Å². The van der Waals surface area contributed by atoms with Gasteiger partial charge in [0, 0.05) is 0 Å². The van der Waals surface area contributed by atoms with Crippen molar-refractivity contribution < 1.29 is 41.6 Å². The van der Waals surface area contributed by atoms with Crippen molar-refractivity contribution in [3.05, 3.63) is 97.1 Å². The Bertz CT molecular complexity index is 1520. The normalized spacial score (nSPS) is 12.2. The molecule has 0 saturated heterocycles. The van der Waals surface area contributed by atoms with Crippen molar-refractivity contribution in [1.29, 1.82) is 0 Å². The number of ether oxygens (including phenoxy) is 2. The van der Waals surface area contributed by atoms with Crippen LogP contribution in [0.3, 0.4) is 0 Å². The number of hydrogen-bond donors (Lipinski definition) is 3. The minimum Gasteiger partial charge on any atom is -0.508 e. The first kappa shape index (κ1) is 28.9. The summed E-state index contributed by atoms with van der Waals surface area (Å²) in [6, 6.07) is 22.0. The molecule has 9 nitrogen and oxygen atoms in total. The van der Waals surface area contributed by atoms with Gasteiger partial charge in [-0.1, -0.05) is 6.92 Å². The van der Waals surface area contributed by atoms with E-state index in [2.05, 4.69) is 0 Å². The van der Waals surface area contributed by atoms with Gasteiger partial charge in [0.1, 0.15) is 41.8 Å². The average molecular weight is 585 g/mol. The summed E-state index contributed by atoms with van der Waals surface area (Å²) in [5.74, 6) is 0.622. The van der Waals surface area contributed by atoms with Crippen LogP contribution in [0.4, 0.5) is 0 Å². The van der Waals surface area contributed by atoms with Gasteiger partial charge >= 0.3 is 0 Å². The highest BCUT2D eigenvalue weighted by Gasteiger charge is 2.28. The molecule has 0 fully saturated rings. The molecule has 0 bridgehead atoms. The summed E-state index contributed by atoms with van der Waals surface area (Å²) >= 11 is 0. The van der Waals surface area contributed by atoms with Gasteiger partial charge in [-0.25, -0.2) is 16.8 Å². The lowest BCUT2D eigenvalue weighted by atomic mass is 10.0. The molecule has 0 heterocycles. The molecule has 0 amide bonds. The first-order valence-electron chi connectivity index (χ1n) is 12.2. The number of phenolic OH excluding ortho intramolecular Hbond substituents is 2. The minimum absolute atomic E-state index is 0.0364. The van der Waals surface area contributed by atoms with Crippen LogP contribution in [0.1, 0.15) is 13.3 Å². The molecule has 0 saturated carbocycles.